The van der Waals surface area contributed by atoms with Gasteiger partial charge in [-0.15, -0.1) is 0 Å². The Morgan fingerprint density at radius 3 is 2.36 bits per heavy atom. The van der Waals surface area contributed by atoms with Crippen LogP contribution in [0.15, 0.2) is 0 Å². The highest BCUT2D eigenvalue weighted by molar-refractivity contribution is 4.91. The Kier molecular flexibility index (Phi) is 3.42. The first kappa shape index (κ1) is 9.98. The Morgan fingerprint density at radius 2 is 1.64 bits per heavy atom. The van der Waals surface area contributed by atoms with Crippen molar-refractivity contribution in [3.05, 3.63) is 0 Å². The normalized spacial score (nSPS) is 34.2. The van der Waals surface area contributed by atoms with Gasteiger partial charge in [0.1, 0.15) is 0 Å². The van der Waals surface area contributed by atoms with Gasteiger partial charge in [-0.25, -0.2) is 0 Å². The summed E-state index contributed by atoms with van der Waals surface area (Å²) >= 11 is 0. The zero-order chi connectivity index (χ0) is 9.80. The van der Waals surface area contributed by atoms with E-state index in [1.807, 2.05) is 0 Å². The molecule has 2 aliphatic carbocycles. The zero-order valence-corrected chi connectivity index (χ0v) is 8.84. The van der Waals surface area contributed by atoms with Crippen LogP contribution in [0.4, 0.5) is 0 Å². The fourth-order valence-electron chi connectivity index (χ4n) is 2.88. The Balaban J connectivity index is 1.77. The van der Waals surface area contributed by atoms with Gasteiger partial charge in [0.15, 0.2) is 0 Å². The molecule has 2 rings (SSSR count). The van der Waals surface area contributed by atoms with Gasteiger partial charge in [0.05, 0.1) is 6.07 Å². The molecule has 0 aromatic carbocycles. The third kappa shape index (κ3) is 2.48. The molecule has 2 unspecified atom stereocenters. The van der Waals surface area contributed by atoms with Gasteiger partial charge >= 0.3 is 0 Å². The molecule has 0 bridgehead atoms. The monoisotopic (exact) mass is 192 g/mol. The summed E-state index contributed by atoms with van der Waals surface area (Å²) in [6.45, 7) is 0. The van der Waals surface area contributed by atoms with Crippen LogP contribution in [-0.4, -0.2) is 12.1 Å². The summed E-state index contributed by atoms with van der Waals surface area (Å²) in [7, 11) is 0. The highest BCUT2D eigenvalue weighted by Crippen LogP contribution is 2.26. The van der Waals surface area contributed by atoms with Crippen LogP contribution in [0.1, 0.15) is 51.4 Å². The molecule has 0 heterocycles. The average Bonchev–Trinajstić information content (AvgIpc) is 2.71. The van der Waals surface area contributed by atoms with E-state index in [1.165, 1.54) is 38.5 Å². The van der Waals surface area contributed by atoms with Gasteiger partial charge in [0.25, 0.3) is 0 Å². The van der Waals surface area contributed by atoms with Crippen molar-refractivity contribution in [2.45, 2.75) is 63.5 Å². The molecule has 0 aromatic rings. The number of hydrogen-bond acceptors (Lipinski definition) is 2. The highest BCUT2D eigenvalue weighted by atomic mass is 15.0. The number of nitrogens with zero attached hydrogens (tertiary/aromatic N) is 1. The van der Waals surface area contributed by atoms with Crippen molar-refractivity contribution in [3.8, 4) is 6.07 Å². The summed E-state index contributed by atoms with van der Waals surface area (Å²) in [4.78, 5) is 0. The summed E-state index contributed by atoms with van der Waals surface area (Å²) in [5, 5.41) is 12.6. The summed E-state index contributed by atoms with van der Waals surface area (Å²) in [6.07, 6.45) is 10.2. The lowest BCUT2D eigenvalue weighted by Crippen LogP contribution is -2.39. The van der Waals surface area contributed by atoms with E-state index >= 15 is 0 Å². The van der Waals surface area contributed by atoms with Gasteiger partial charge in [-0.1, -0.05) is 19.3 Å². The molecule has 2 saturated carbocycles. The van der Waals surface area contributed by atoms with Gasteiger partial charge in [0.2, 0.25) is 0 Å². The second kappa shape index (κ2) is 4.79. The average molecular weight is 192 g/mol. The molecule has 14 heavy (non-hydrogen) atoms. The first-order valence-corrected chi connectivity index (χ1v) is 6.04. The Morgan fingerprint density at radius 1 is 0.929 bits per heavy atom. The number of nitrogens with one attached hydrogen (secondary N) is 1. The number of nitriles is 1. The molecule has 0 amide bonds. The van der Waals surface area contributed by atoms with E-state index in [9.17, 15) is 0 Å². The quantitative estimate of drug-likeness (QED) is 0.730. The zero-order valence-electron chi connectivity index (χ0n) is 8.84. The van der Waals surface area contributed by atoms with E-state index in [4.69, 9.17) is 5.26 Å². The van der Waals surface area contributed by atoms with Gasteiger partial charge in [-0.3, -0.25) is 0 Å². The lowest BCUT2D eigenvalue weighted by Gasteiger charge is -2.28. The van der Waals surface area contributed by atoms with Crippen LogP contribution in [0, 0.1) is 17.2 Å². The summed E-state index contributed by atoms with van der Waals surface area (Å²) in [6, 6.07) is 3.82. The molecule has 0 aliphatic heterocycles. The minimum Gasteiger partial charge on any atom is -0.311 e. The molecule has 0 aromatic heterocycles. The maximum absolute atomic E-state index is 8.89. The summed E-state index contributed by atoms with van der Waals surface area (Å²) in [5.74, 6) is 0.322. The standard InChI is InChI=1S/C12H20N2/c13-9-10-4-3-7-12(8-10)14-11-5-1-2-6-11/h10-12,14H,1-8H2. The molecule has 1 N–H and O–H groups in total. The predicted molar refractivity (Wildman–Crippen MR) is 56.8 cm³/mol. The number of rotatable bonds is 2. The van der Waals surface area contributed by atoms with E-state index in [0.717, 1.165) is 18.9 Å². The van der Waals surface area contributed by atoms with Crippen molar-refractivity contribution in [2.75, 3.05) is 0 Å². The minimum absolute atomic E-state index is 0.322. The van der Waals surface area contributed by atoms with E-state index in [-0.39, 0.29) is 0 Å². The molecule has 2 heteroatoms. The third-order valence-corrected chi connectivity index (χ3v) is 3.68. The SMILES string of the molecule is N#CC1CCCC(NC2CCCC2)C1. The Labute approximate surface area is 86.7 Å². The molecule has 0 radical (unpaired) electrons. The van der Waals surface area contributed by atoms with E-state index in [2.05, 4.69) is 11.4 Å². The predicted octanol–water partition coefficient (Wildman–Crippen LogP) is 2.60. The van der Waals surface area contributed by atoms with Gasteiger partial charge in [0, 0.05) is 18.0 Å². The molecule has 2 atom stereocenters. The second-order valence-electron chi connectivity index (χ2n) is 4.84. The van der Waals surface area contributed by atoms with Gasteiger partial charge < -0.3 is 5.32 Å². The van der Waals surface area contributed by atoms with Crippen LogP contribution in [0.2, 0.25) is 0 Å². The molecule has 2 nitrogen and oxygen atoms in total. The van der Waals surface area contributed by atoms with Crippen molar-refractivity contribution in [3.63, 3.8) is 0 Å². The van der Waals surface area contributed by atoms with Crippen LogP contribution < -0.4 is 5.32 Å². The fraction of sp³-hybridized carbons (Fsp3) is 0.917. The Hall–Kier alpha value is -0.550. The largest absolute Gasteiger partial charge is 0.311 e. The van der Waals surface area contributed by atoms with Crippen LogP contribution in [0.25, 0.3) is 0 Å². The van der Waals surface area contributed by atoms with Crippen LogP contribution >= 0.6 is 0 Å². The lowest BCUT2D eigenvalue weighted by atomic mass is 9.86. The maximum atomic E-state index is 8.89. The topological polar surface area (TPSA) is 35.8 Å². The van der Waals surface area contributed by atoms with Crippen molar-refractivity contribution in [2.24, 2.45) is 5.92 Å². The van der Waals surface area contributed by atoms with E-state index in [1.54, 1.807) is 0 Å². The highest BCUT2D eigenvalue weighted by Gasteiger charge is 2.24. The van der Waals surface area contributed by atoms with Gasteiger partial charge in [-0.05, 0) is 32.1 Å². The first-order valence-electron chi connectivity index (χ1n) is 6.04. The second-order valence-corrected chi connectivity index (χ2v) is 4.84. The van der Waals surface area contributed by atoms with Crippen LogP contribution in [0.5, 0.6) is 0 Å². The maximum Gasteiger partial charge on any atom is 0.0656 e. The molecule has 0 saturated heterocycles. The first-order chi connectivity index (χ1) is 6.88. The van der Waals surface area contributed by atoms with Crippen LogP contribution in [-0.2, 0) is 0 Å². The molecular weight excluding hydrogens is 172 g/mol. The molecule has 0 spiro atoms. The lowest BCUT2D eigenvalue weighted by molar-refractivity contribution is 0.302. The Bertz CT molecular complexity index is 213. The summed E-state index contributed by atoms with van der Waals surface area (Å²) in [5.41, 5.74) is 0. The molecule has 2 aliphatic rings. The van der Waals surface area contributed by atoms with Crippen molar-refractivity contribution in [1.82, 2.24) is 5.32 Å². The minimum atomic E-state index is 0.322. The van der Waals surface area contributed by atoms with E-state index in [0.29, 0.717) is 12.0 Å². The molecule has 2 fully saturated rings. The van der Waals surface area contributed by atoms with Crippen molar-refractivity contribution in [1.29, 1.82) is 5.26 Å². The van der Waals surface area contributed by atoms with Crippen LogP contribution in [0.3, 0.4) is 0 Å². The summed E-state index contributed by atoms with van der Waals surface area (Å²) < 4.78 is 0. The van der Waals surface area contributed by atoms with Crippen molar-refractivity contribution < 1.29 is 0 Å². The molecular formula is C12H20N2. The van der Waals surface area contributed by atoms with Crippen molar-refractivity contribution >= 4 is 0 Å². The number of hydrogen-bond donors (Lipinski definition) is 1. The van der Waals surface area contributed by atoms with E-state index < -0.39 is 0 Å². The molecule has 78 valence electrons. The third-order valence-electron chi connectivity index (χ3n) is 3.68. The van der Waals surface area contributed by atoms with Gasteiger partial charge in [-0.2, -0.15) is 5.26 Å². The fourth-order valence-corrected chi connectivity index (χ4v) is 2.88. The smallest absolute Gasteiger partial charge is 0.0656 e.